The second-order valence-corrected chi connectivity index (χ2v) is 4.58. The average molecular weight is 270 g/mol. The molecule has 0 saturated heterocycles. The molecule has 1 amide bonds. The Balaban J connectivity index is 2.28. The summed E-state index contributed by atoms with van der Waals surface area (Å²) in [7, 11) is 3.52. The highest BCUT2D eigenvalue weighted by molar-refractivity contribution is 5.98. The molecule has 0 aliphatic heterocycles. The van der Waals surface area contributed by atoms with Gasteiger partial charge in [-0.15, -0.1) is 0 Å². The molecule has 0 unspecified atom stereocenters. The fourth-order valence-electron chi connectivity index (χ4n) is 2.00. The molecule has 0 radical (unpaired) electrons. The number of rotatable bonds is 4. The molecule has 0 aromatic carbocycles. The highest BCUT2D eigenvalue weighted by Crippen LogP contribution is 2.18. The number of amides is 1. The van der Waals surface area contributed by atoms with E-state index in [0.717, 1.165) is 11.3 Å². The number of aryl methyl sites for hydroxylation is 1. The number of nitrogens with zero attached hydrogens (tertiary/aromatic N) is 3. The molecule has 1 N–H and O–H groups in total. The lowest BCUT2D eigenvalue weighted by Gasteiger charge is -2.20. The Bertz CT molecular complexity index is 612. The molecular formula is C15H18N4O. The standard InChI is InChI=1S/C15H18N4O/c1-11-6-4-8-17-13(11)10-19(3)14-12(15(20)16-2)7-5-9-18-14/h4-9H,10H2,1-3H3,(H,16,20). The van der Waals surface area contributed by atoms with Crippen LogP contribution in [-0.4, -0.2) is 30.0 Å². The molecule has 2 rings (SSSR count). The number of hydrogen-bond acceptors (Lipinski definition) is 4. The largest absolute Gasteiger partial charge is 0.355 e. The number of pyridine rings is 2. The first kappa shape index (κ1) is 14.0. The maximum absolute atomic E-state index is 11.9. The summed E-state index contributed by atoms with van der Waals surface area (Å²) in [6, 6.07) is 7.46. The van der Waals surface area contributed by atoms with Gasteiger partial charge < -0.3 is 10.2 Å². The number of anilines is 1. The van der Waals surface area contributed by atoms with Crippen LogP contribution in [-0.2, 0) is 6.54 Å². The molecular weight excluding hydrogens is 252 g/mol. The van der Waals surface area contributed by atoms with E-state index in [9.17, 15) is 4.79 Å². The first-order valence-corrected chi connectivity index (χ1v) is 6.42. The quantitative estimate of drug-likeness (QED) is 0.920. The van der Waals surface area contributed by atoms with E-state index < -0.39 is 0 Å². The van der Waals surface area contributed by atoms with E-state index >= 15 is 0 Å². The van der Waals surface area contributed by atoms with Crippen molar-refractivity contribution in [1.82, 2.24) is 15.3 Å². The lowest BCUT2D eigenvalue weighted by Crippen LogP contribution is -2.25. The van der Waals surface area contributed by atoms with E-state index in [-0.39, 0.29) is 5.91 Å². The Kier molecular flexibility index (Phi) is 4.30. The molecule has 0 aliphatic carbocycles. The van der Waals surface area contributed by atoms with Crippen LogP contribution in [0.5, 0.6) is 0 Å². The van der Waals surface area contributed by atoms with Gasteiger partial charge >= 0.3 is 0 Å². The van der Waals surface area contributed by atoms with Crippen LogP contribution in [0.4, 0.5) is 5.82 Å². The molecule has 0 saturated carbocycles. The van der Waals surface area contributed by atoms with E-state index in [1.807, 2.05) is 31.0 Å². The fraction of sp³-hybridized carbons (Fsp3) is 0.267. The van der Waals surface area contributed by atoms with E-state index in [1.54, 1.807) is 31.6 Å². The van der Waals surface area contributed by atoms with Crippen LogP contribution in [0, 0.1) is 6.92 Å². The van der Waals surface area contributed by atoms with Gasteiger partial charge in [0.25, 0.3) is 5.91 Å². The van der Waals surface area contributed by atoms with Crippen LogP contribution in [0.2, 0.25) is 0 Å². The van der Waals surface area contributed by atoms with Crippen molar-refractivity contribution in [3.63, 3.8) is 0 Å². The van der Waals surface area contributed by atoms with Crippen LogP contribution >= 0.6 is 0 Å². The monoisotopic (exact) mass is 270 g/mol. The lowest BCUT2D eigenvalue weighted by molar-refractivity contribution is 0.0963. The van der Waals surface area contributed by atoms with Gasteiger partial charge in [-0.3, -0.25) is 9.78 Å². The van der Waals surface area contributed by atoms with Crippen molar-refractivity contribution in [2.75, 3.05) is 19.0 Å². The first-order chi connectivity index (χ1) is 9.63. The van der Waals surface area contributed by atoms with Gasteiger partial charge in [-0.1, -0.05) is 6.07 Å². The van der Waals surface area contributed by atoms with Crippen molar-refractivity contribution < 1.29 is 4.79 Å². The Morgan fingerprint density at radius 2 is 1.95 bits per heavy atom. The summed E-state index contributed by atoms with van der Waals surface area (Å²) >= 11 is 0. The maximum Gasteiger partial charge on any atom is 0.254 e. The predicted molar refractivity (Wildman–Crippen MR) is 78.7 cm³/mol. The number of nitrogens with one attached hydrogen (secondary N) is 1. The molecule has 20 heavy (non-hydrogen) atoms. The fourth-order valence-corrected chi connectivity index (χ4v) is 2.00. The van der Waals surface area contributed by atoms with Crippen molar-refractivity contribution in [3.8, 4) is 0 Å². The second kappa shape index (κ2) is 6.14. The van der Waals surface area contributed by atoms with Gasteiger partial charge in [-0.2, -0.15) is 0 Å². The summed E-state index contributed by atoms with van der Waals surface area (Å²) in [6.45, 7) is 2.63. The van der Waals surface area contributed by atoms with Gasteiger partial charge in [0.2, 0.25) is 0 Å². The number of aromatic nitrogens is 2. The van der Waals surface area contributed by atoms with Crippen LogP contribution in [0.25, 0.3) is 0 Å². The molecule has 0 aliphatic rings. The first-order valence-electron chi connectivity index (χ1n) is 6.42. The van der Waals surface area contributed by atoms with Gasteiger partial charge in [-0.25, -0.2) is 4.98 Å². The van der Waals surface area contributed by atoms with E-state index in [2.05, 4.69) is 15.3 Å². The van der Waals surface area contributed by atoms with Crippen molar-refractivity contribution in [2.24, 2.45) is 0 Å². The molecule has 2 heterocycles. The van der Waals surface area contributed by atoms with Crippen molar-refractivity contribution in [3.05, 3.63) is 53.5 Å². The predicted octanol–water partition coefficient (Wildman–Crippen LogP) is 1.78. The zero-order chi connectivity index (χ0) is 14.5. The summed E-state index contributed by atoms with van der Waals surface area (Å²) in [5.41, 5.74) is 2.66. The Morgan fingerprint density at radius 3 is 2.65 bits per heavy atom. The number of carbonyl (C=O) groups excluding carboxylic acids is 1. The van der Waals surface area contributed by atoms with Gasteiger partial charge in [-0.05, 0) is 30.7 Å². The second-order valence-electron chi connectivity index (χ2n) is 4.58. The minimum absolute atomic E-state index is 0.141. The zero-order valence-electron chi connectivity index (χ0n) is 11.9. The minimum atomic E-state index is -0.141. The molecule has 104 valence electrons. The molecule has 0 fully saturated rings. The molecule has 5 heteroatoms. The Hall–Kier alpha value is -2.43. The number of carbonyl (C=O) groups is 1. The van der Waals surface area contributed by atoms with E-state index in [4.69, 9.17) is 0 Å². The third kappa shape index (κ3) is 2.93. The van der Waals surface area contributed by atoms with Gasteiger partial charge in [0.1, 0.15) is 5.82 Å². The van der Waals surface area contributed by atoms with Crippen LogP contribution < -0.4 is 10.2 Å². The summed E-state index contributed by atoms with van der Waals surface area (Å²) in [5.74, 6) is 0.509. The Labute approximate surface area is 118 Å². The zero-order valence-corrected chi connectivity index (χ0v) is 11.9. The van der Waals surface area contributed by atoms with Gasteiger partial charge in [0, 0.05) is 26.5 Å². The topological polar surface area (TPSA) is 58.1 Å². The molecule has 2 aromatic heterocycles. The third-order valence-electron chi connectivity index (χ3n) is 3.12. The molecule has 0 bridgehead atoms. The van der Waals surface area contributed by atoms with E-state index in [1.165, 1.54) is 0 Å². The molecule has 2 aromatic rings. The maximum atomic E-state index is 11.9. The van der Waals surface area contributed by atoms with E-state index in [0.29, 0.717) is 17.9 Å². The van der Waals surface area contributed by atoms with Crippen molar-refractivity contribution >= 4 is 11.7 Å². The van der Waals surface area contributed by atoms with Crippen molar-refractivity contribution in [2.45, 2.75) is 13.5 Å². The van der Waals surface area contributed by atoms with Crippen molar-refractivity contribution in [1.29, 1.82) is 0 Å². The smallest absolute Gasteiger partial charge is 0.254 e. The van der Waals surface area contributed by atoms with Gasteiger partial charge in [0.05, 0.1) is 17.8 Å². The lowest BCUT2D eigenvalue weighted by atomic mass is 10.2. The highest BCUT2D eigenvalue weighted by atomic mass is 16.1. The Morgan fingerprint density at radius 1 is 1.25 bits per heavy atom. The van der Waals surface area contributed by atoms with Crippen LogP contribution in [0.1, 0.15) is 21.6 Å². The minimum Gasteiger partial charge on any atom is -0.355 e. The molecule has 5 nitrogen and oxygen atoms in total. The highest BCUT2D eigenvalue weighted by Gasteiger charge is 2.15. The third-order valence-corrected chi connectivity index (χ3v) is 3.12. The number of hydrogen-bond donors (Lipinski definition) is 1. The SMILES string of the molecule is CNC(=O)c1cccnc1N(C)Cc1ncccc1C. The normalized spacial score (nSPS) is 10.2. The van der Waals surface area contributed by atoms with Crippen LogP contribution in [0.15, 0.2) is 36.7 Å². The molecule has 0 spiro atoms. The average Bonchev–Trinajstić information content (AvgIpc) is 2.48. The summed E-state index contributed by atoms with van der Waals surface area (Å²) in [4.78, 5) is 22.5. The summed E-state index contributed by atoms with van der Waals surface area (Å²) < 4.78 is 0. The summed E-state index contributed by atoms with van der Waals surface area (Å²) in [5, 5.41) is 2.63. The van der Waals surface area contributed by atoms with Gasteiger partial charge in [0.15, 0.2) is 0 Å². The molecule has 0 atom stereocenters. The summed E-state index contributed by atoms with van der Waals surface area (Å²) in [6.07, 6.45) is 3.46. The van der Waals surface area contributed by atoms with Crippen LogP contribution in [0.3, 0.4) is 0 Å².